The predicted molar refractivity (Wildman–Crippen MR) is 103 cm³/mol. The summed E-state index contributed by atoms with van der Waals surface area (Å²) in [5.74, 6) is -0.116. The largest absolute Gasteiger partial charge is 0.507 e. The molecule has 0 spiro atoms. The second kappa shape index (κ2) is 11.3. The fourth-order valence-corrected chi connectivity index (χ4v) is 2.29. The molecule has 26 heavy (non-hydrogen) atoms. The number of allylic oxidation sites excluding steroid dienone is 2. The third kappa shape index (κ3) is 7.68. The molecule has 0 heterocycles. The lowest BCUT2D eigenvalue weighted by Gasteiger charge is -2.11. The first-order chi connectivity index (χ1) is 12.4. The molecule has 0 radical (unpaired) electrons. The van der Waals surface area contributed by atoms with Crippen molar-refractivity contribution in [1.82, 2.24) is 0 Å². The smallest absolute Gasteiger partial charge is 0.302 e. The van der Waals surface area contributed by atoms with Crippen molar-refractivity contribution >= 4 is 12.0 Å². The standard InChI is InChI=1S/C21H28O5/c1-15(13-23)6-8-19-11-18(5-4-10-22)12-20(21(19)25)9-7-16(2)14-26-17(3)24/h4-7,11-12,22-23,25H,8-10,13-14H2,1-3H3/b5-4+,15-6-,16-7-. The van der Waals surface area contributed by atoms with E-state index in [0.717, 1.165) is 27.8 Å². The second-order valence-electron chi connectivity index (χ2n) is 6.22. The Morgan fingerprint density at radius 3 is 2.12 bits per heavy atom. The molecular weight excluding hydrogens is 332 g/mol. The number of ether oxygens (including phenoxy) is 1. The van der Waals surface area contributed by atoms with Crippen LogP contribution in [-0.4, -0.2) is 41.1 Å². The molecule has 0 fully saturated rings. The first-order valence-corrected chi connectivity index (χ1v) is 8.55. The zero-order valence-corrected chi connectivity index (χ0v) is 15.7. The summed E-state index contributed by atoms with van der Waals surface area (Å²) in [5, 5.41) is 28.7. The average molecular weight is 360 g/mol. The maximum Gasteiger partial charge on any atom is 0.302 e. The molecule has 0 aliphatic rings. The van der Waals surface area contributed by atoms with Crippen molar-refractivity contribution in [3.05, 3.63) is 58.2 Å². The molecule has 0 unspecified atom stereocenters. The van der Waals surface area contributed by atoms with Gasteiger partial charge in [0.15, 0.2) is 0 Å². The van der Waals surface area contributed by atoms with E-state index >= 15 is 0 Å². The Morgan fingerprint density at radius 2 is 1.62 bits per heavy atom. The fraction of sp³-hybridized carbons (Fsp3) is 0.381. The average Bonchev–Trinajstić information content (AvgIpc) is 2.62. The van der Waals surface area contributed by atoms with Crippen LogP contribution in [0.5, 0.6) is 5.75 Å². The highest BCUT2D eigenvalue weighted by atomic mass is 16.5. The Morgan fingerprint density at radius 1 is 1.04 bits per heavy atom. The SMILES string of the molecule is CC(=O)OC/C(C)=C\Cc1cc(/C=C/CO)cc(C/C=C(/C)CO)c1O. The Bertz CT molecular complexity index is 699. The molecule has 1 rings (SSSR count). The molecule has 0 amide bonds. The number of phenols is 1. The minimum atomic E-state index is -0.329. The highest BCUT2D eigenvalue weighted by Gasteiger charge is 2.08. The first kappa shape index (κ1) is 21.7. The van der Waals surface area contributed by atoms with E-state index in [1.54, 1.807) is 12.2 Å². The van der Waals surface area contributed by atoms with E-state index in [9.17, 15) is 9.90 Å². The molecule has 0 aromatic heterocycles. The van der Waals surface area contributed by atoms with Gasteiger partial charge in [0, 0.05) is 6.92 Å². The number of benzene rings is 1. The van der Waals surface area contributed by atoms with Crippen molar-refractivity contribution in [2.75, 3.05) is 19.8 Å². The number of aromatic hydroxyl groups is 1. The number of carbonyl (C=O) groups excluding carboxylic acids is 1. The Balaban J connectivity index is 3.09. The van der Waals surface area contributed by atoms with Crippen molar-refractivity contribution in [3.8, 4) is 5.75 Å². The van der Waals surface area contributed by atoms with Gasteiger partial charge in [0.1, 0.15) is 12.4 Å². The number of rotatable bonds is 9. The Kier molecular flexibility index (Phi) is 9.41. The number of aliphatic hydroxyl groups is 2. The van der Waals surface area contributed by atoms with Gasteiger partial charge in [-0.25, -0.2) is 0 Å². The summed E-state index contributed by atoms with van der Waals surface area (Å²) in [6.45, 7) is 5.21. The first-order valence-electron chi connectivity index (χ1n) is 8.55. The van der Waals surface area contributed by atoms with Gasteiger partial charge in [-0.15, -0.1) is 0 Å². The topological polar surface area (TPSA) is 87.0 Å². The van der Waals surface area contributed by atoms with Gasteiger partial charge in [-0.1, -0.05) is 29.9 Å². The van der Waals surface area contributed by atoms with Crippen molar-refractivity contribution in [2.24, 2.45) is 0 Å². The lowest BCUT2D eigenvalue weighted by Crippen LogP contribution is -2.01. The van der Waals surface area contributed by atoms with Gasteiger partial charge >= 0.3 is 5.97 Å². The summed E-state index contributed by atoms with van der Waals surface area (Å²) in [4.78, 5) is 10.9. The van der Waals surface area contributed by atoms with Crippen LogP contribution in [0.3, 0.4) is 0 Å². The lowest BCUT2D eigenvalue weighted by molar-refractivity contribution is -0.139. The van der Waals surface area contributed by atoms with Crippen LogP contribution in [0.25, 0.3) is 6.08 Å². The van der Waals surface area contributed by atoms with Crippen LogP contribution in [0.2, 0.25) is 0 Å². The molecule has 1 aromatic carbocycles. The van der Waals surface area contributed by atoms with Gasteiger partial charge in [-0.05, 0) is 61.1 Å². The normalized spacial score (nSPS) is 12.7. The molecule has 0 saturated carbocycles. The van der Waals surface area contributed by atoms with E-state index in [1.165, 1.54) is 6.92 Å². The van der Waals surface area contributed by atoms with E-state index in [2.05, 4.69) is 0 Å². The molecule has 0 aliphatic heterocycles. The summed E-state index contributed by atoms with van der Waals surface area (Å²) >= 11 is 0. The van der Waals surface area contributed by atoms with E-state index in [-0.39, 0.29) is 31.5 Å². The van der Waals surface area contributed by atoms with Crippen LogP contribution in [0, 0.1) is 0 Å². The summed E-state index contributed by atoms with van der Waals surface area (Å²) in [7, 11) is 0. The van der Waals surface area contributed by atoms with Crippen LogP contribution in [0.4, 0.5) is 0 Å². The molecule has 0 bridgehead atoms. The fourth-order valence-electron chi connectivity index (χ4n) is 2.29. The maximum absolute atomic E-state index is 10.9. The minimum absolute atomic E-state index is 0.0180. The van der Waals surface area contributed by atoms with Crippen LogP contribution in [-0.2, 0) is 22.4 Å². The Hall–Kier alpha value is -2.37. The molecule has 0 atom stereocenters. The van der Waals surface area contributed by atoms with Crippen molar-refractivity contribution in [2.45, 2.75) is 33.6 Å². The van der Waals surface area contributed by atoms with E-state index < -0.39 is 0 Å². The number of carbonyl (C=O) groups is 1. The molecule has 0 saturated heterocycles. The van der Waals surface area contributed by atoms with Crippen LogP contribution in [0.1, 0.15) is 37.5 Å². The summed E-state index contributed by atoms with van der Waals surface area (Å²) < 4.78 is 4.96. The van der Waals surface area contributed by atoms with Gasteiger partial charge in [0.25, 0.3) is 0 Å². The summed E-state index contributed by atoms with van der Waals surface area (Å²) in [5.41, 5.74) is 4.10. The summed E-state index contributed by atoms with van der Waals surface area (Å²) in [6, 6.07) is 3.73. The molecule has 3 N–H and O–H groups in total. The number of phenolic OH excluding ortho intramolecular Hbond substituents is 1. The third-order valence-electron chi connectivity index (χ3n) is 3.80. The summed E-state index contributed by atoms with van der Waals surface area (Å²) in [6.07, 6.45) is 8.22. The zero-order valence-electron chi connectivity index (χ0n) is 15.7. The van der Waals surface area contributed by atoms with Crippen LogP contribution < -0.4 is 0 Å². The molecular formula is C21H28O5. The number of hydrogen-bond donors (Lipinski definition) is 3. The van der Waals surface area contributed by atoms with E-state index in [0.29, 0.717) is 12.8 Å². The third-order valence-corrected chi connectivity index (χ3v) is 3.80. The van der Waals surface area contributed by atoms with Gasteiger partial charge in [-0.2, -0.15) is 0 Å². The molecule has 5 heteroatoms. The molecule has 142 valence electrons. The number of esters is 1. The quantitative estimate of drug-likeness (QED) is 0.466. The van der Waals surface area contributed by atoms with Gasteiger partial charge in [-0.3, -0.25) is 4.79 Å². The predicted octanol–water partition coefficient (Wildman–Crippen LogP) is 2.93. The van der Waals surface area contributed by atoms with Crippen molar-refractivity contribution in [3.63, 3.8) is 0 Å². The Labute approximate surface area is 154 Å². The van der Waals surface area contributed by atoms with Crippen molar-refractivity contribution in [1.29, 1.82) is 0 Å². The molecule has 5 nitrogen and oxygen atoms in total. The minimum Gasteiger partial charge on any atom is -0.507 e. The van der Waals surface area contributed by atoms with Crippen molar-refractivity contribution < 1.29 is 24.9 Å². The van der Waals surface area contributed by atoms with Crippen LogP contribution >= 0.6 is 0 Å². The lowest BCUT2D eigenvalue weighted by atomic mass is 9.98. The van der Waals surface area contributed by atoms with Gasteiger partial charge in [0.05, 0.1) is 13.2 Å². The van der Waals surface area contributed by atoms with Gasteiger partial charge in [0.2, 0.25) is 0 Å². The maximum atomic E-state index is 10.9. The zero-order chi connectivity index (χ0) is 19.5. The number of hydrogen-bond acceptors (Lipinski definition) is 5. The van der Waals surface area contributed by atoms with E-state index in [4.69, 9.17) is 14.9 Å². The van der Waals surface area contributed by atoms with Crippen LogP contribution in [0.15, 0.2) is 41.5 Å². The molecule has 1 aromatic rings. The van der Waals surface area contributed by atoms with Gasteiger partial charge < -0.3 is 20.1 Å². The number of aliphatic hydroxyl groups excluding tert-OH is 2. The highest BCUT2D eigenvalue weighted by molar-refractivity contribution is 5.66. The van der Waals surface area contributed by atoms with E-state index in [1.807, 2.05) is 38.1 Å². The molecule has 0 aliphatic carbocycles. The highest BCUT2D eigenvalue weighted by Crippen LogP contribution is 2.27. The second-order valence-corrected chi connectivity index (χ2v) is 6.22. The monoisotopic (exact) mass is 360 g/mol.